The number of carboxylic acids is 2. The minimum Gasteiger partial charge on any atom is -0.481 e. The normalized spacial score (nSPS) is 50.6. The molecule has 1 saturated heterocycles. The maximum Gasteiger partial charge on any atom is 0.335 e. The van der Waals surface area contributed by atoms with Crippen molar-refractivity contribution in [1.29, 1.82) is 0 Å². The highest BCUT2D eigenvalue weighted by atomic mass is 32.2. The van der Waals surface area contributed by atoms with Crippen LogP contribution in [0.25, 0.3) is 0 Å². The lowest BCUT2D eigenvalue weighted by atomic mass is 9.33. The van der Waals surface area contributed by atoms with E-state index in [-0.39, 0.29) is 50.7 Å². The molecule has 0 aromatic heterocycles. The Morgan fingerprint density at radius 3 is 2.22 bits per heavy atom. The van der Waals surface area contributed by atoms with Crippen molar-refractivity contribution in [3.05, 3.63) is 11.6 Å². The van der Waals surface area contributed by atoms with Crippen molar-refractivity contribution in [1.82, 2.24) is 5.32 Å². The quantitative estimate of drug-likeness (QED) is 0.204. The Morgan fingerprint density at radius 1 is 0.898 bits per heavy atom. The molecule has 1 heterocycles. The summed E-state index contributed by atoms with van der Waals surface area (Å²) in [6.07, 6.45) is 3.77. The van der Waals surface area contributed by atoms with Crippen molar-refractivity contribution in [3.8, 4) is 0 Å². The molecule has 0 bridgehead atoms. The maximum absolute atomic E-state index is 14.6. The van der Waals surface area contributed by atoms with Gasteiger partial charge in [-0.25, -0.2) is 4.79 Å². The molecule has 1 aliphatic heterocycles. The molecule has 5 aliphatic carbocycles. The van der Waals surface area contributed by atoms with Gasteiger partial charge in [0.1, 0.15) is 23.7 Å². The zero-order valence-electron chi connectivity index (χ0n) is 30.3. The van der Waals surface area contributed by atoms with Gasteiger partial charge < -0.3 is 35.6 Å². The van der Waals surface area contributed by atoms with Gasteiger partial charge in [-0.05, 0) is 110 Å². The second kappa shape index (κ2) is 12.3. The van der Waals surface area contributed by atoms with E-state index in [1.165, 1.54) is 17.3 Å². The first-order valence-corrected chi connectivity index (χ1v) is 19.5. The standard InChI is InChI=1S/C38H59NO9S/c1-33(2)23-8-11-38(7)29(22(40)18-20-21-19-35(4,32(46)47)13-12-34(21,3)14-15-37(20,38)6)36(23,5)10-9-24(33)39-16-17-49-31-27(43)25(41)26(42)28(48-31)30(44)45/h18,21,23-29,31,39,41-43H,8-17,19H2,1-7H3,(H,44,45)(H,46,47)/t21-,23?,24-,25-,26-,27+,28-,29+,31-,34+,35-,36-,37+,38+/m0/s1. The van der Waals surface area contributed by atoms with Gasteiger partial charge in [-0.3, -0.25) is 9.59 Å². The van der Waals surface area contributed by atoms with Crippen molar-refractivity contribution >= 4 is 29.5 Å². The molecular weight excluding hydrogens is 646 g/mol. The molecule has 0 spiro atoms. The summed E-state index contributed by atoms with van der Waals surface area (Å²) in [7, 11) is 0. The molecule has 0 aromatic rings. The van der Waals surface area contributed by atoms with Gasteiger partial charge in [0.25, 0.3) is 0 Å². The molecule has 11 heteroatoms. The van der Waals surface area contributed by atoms with Crippen LogP contribution in [0.3, 0.4) is 0 Å². The van der Waals surface area contributed by atoms with Gasteiger partial charge in [0.05, 0.1) is 5.41 Å². The molecule has 0 amide bonds. The number of aliphatic hydroxyl groups excluding tert-OH is 3. The molecule has 14 atom stereocenters. The minimum absolute atomic E-state index is 0.0229. The summed E-state index contributed by atoms with van der Waals surface area (Å²) in [4.78, 5) is 38.6. The molecule has 6 N–H and O–H groups in total. The Bertz CT molecular complexity index is 1400. The van der Waals surface area contributed by atoms with Gasteiger partial charge >= 0.3 is 11.9 Å². The fourth-order valence-electron chi connectivity index (χ4n) is 12.3. The molecule has 6 rings (SSSR count). The van der Waals surface area contributed by atoms with Crippen LogP contribution in [0.5, 0.6) is 0 Å². The first-order valence-electron chi connectivity index (χ1n) is 18.4. The van der Waals surface area contributed by atoms with Crippen LogP contribution < -0.4 is 5.32 Å². The lowest BCUT2D eigenvalue weighted by molar-refractivity contribution is -0.209. The number of aliphatic carboxylic acids is 2. The number of aliphatic hydroxyl groups is 3. The molecule has 4 saturated carbocycles. The SMILES string of the molecule is CC1(C)C2CC[C@]3(C)[C@H](C(=O)C=C4[C@@H]5C[C@@](C)(C(=O)O)CC[C@]5(C)CC[C@]43C)[C@@]2(C)CC[C@@H]1NCCS[C@@H]1O[C@H](C(=O)O)[C@@H](O)[C@H](O)[C@H]1O. The first-order chi connectivity index (χ1) is 22.7. The number of allylic oxidation sites excluding steroid dienone is 2. The third kappa shape index (κ3) is 5.49. The minimum atomic E-state index is -1.70. The summed E-state index contributed by atoms with van der Waals surface area (Å²) >= 11 is 1.22. The lowest BCUT2D eigenvalue weighted by Crippen LogP contribution is -2.67. The van der Waals surface area contributed by atoms with Crippen molar-refractivity contribution in [2.75, 3.05) is 12.3 Å². The summed E-state index contributed by atoms with van der Waals surface area (Å²) < 4.78 is 5.44. The number of fused-ring (bicyclic) bond motifs is 7. The van der Waals surface area contributed by atoms with E-state index < -0.39 is 47.2 Å². The summed E-state index contributed by atoms with van der Waals surface area (Å²) in [5, 5.41) is 53.9. The fourth-order valence-corrected chi connectivity index (χ4v) is 13.4. The highest BCUT2D eigenvalue weighted by molar-refractivity contribution is 7.99. The average Bonchev–Trinajstić information content (AvgIpc) is 3.01. The van der Waals surface area contributed by atoms with Crippen LogP contribution in [0.4, 0.5) is 0 Å². The molecule has 0 radical (unpaired) electrons. The Kier molecular flexibility index (Phi) is 9.35. The number of hydrogen-bond acceptors (Lipinski definition) is 9. The van der Waals surface area contributed by atoms with E-state index in [0.717, 1.165) is 44.9 Å². The Hall–Kier alpha value is -1.50. The van der Waals surface area contributed by atoms with Crippen LogP contribution >= 0.6 is 11.8 Å². The molecule has 0 aromatic carbocycles. The van der Waals surface area contributed by atoms with E-state index in [4.69, 9.17) is 4.74 Å². The van der Waals surface area contributed by atoms with Crippen molar-refractivity contribution < 1.29 is 44.7 Å². The summed E-state index contributed by atoms with van der Waals surface area (Å²) in [6, 6.07) is 0.193. The second-order valence-electron chi connectivity index (χ2n) is 18.5. The van der Waals surface area contributed by atoms with Gasteiger partial charge in [0.15, 0.2) is 11.9 Å². The van der Waals surface area contributed by atoms with E-state index in [0.29, 0.717) is 31.1 Å². The summed E-state index contributed by atoms with van der Waals surface area (Å²) in [6.45, 7) is 16.6. The van der Waals surface area contributed by atoms with Gasteiger partial charge in [-0.1, -0.05) is 47.1 Å². The number of hydrogen-bond donors (Lipinski definition) is 6. The number of rotatable bonds is 7. The van der Waals surface area contributed by atoms with Crippen LogP contribution in [0.2, 0.25) is 0 Å². The maximum atomic E-state index is 14.6. The highest BCUT2D eigenvalue weighted by Crippen LogP contribution is 2.75. The smallest absolute Gasteiger partial charge is 0.335 e. The van der Waals surface area contributed by atoms with E-state index in [1.807, 2.05) is 13.0 Å². The van der Waals surface area contributed by atoms with Crippen LogP contribution in [0, 0.1) is 50.2 Å². The van der Waals surface area contributed by atoms with Crippen LogP contribution in [0.1, 0.15) is 106 Å². The van der Waals surface area contributed by atoms with Crippen LogP contribution in [0.15, 0.2) is 11.6 Å². The van der Waals surface area contributed by atoms with Gasteiger partial charge in [0.2, 0.25) is 0 Å². The van der Waals surface area contributed by atoms with Crippen LogP contribution in [-0.2, 0) is 19.1 Å². The van der Waals surface area contributed by atoms with Crippen molar-refractivity contribution in [2.24, 2.45) is 50.2 Å². The van der Waals surface area contributed by atoms with Gasteiger partial charge in [0, 0.05) is 24.3 Å². The van der Waals surface area contributed by atoms with E-state index >= 15 is 0 Å². The largest absolute Gasteiger partial charge is 0.481 e. The summed E-state index contributed by atoms with van der Waals surface area (Å²) in [5.74, 6) is -1.04. The third-order valence-corrected chi connectivity index (χ3v) is 16.9. The van der Waals surface area contributed by atoms with E-state index in [9.17, 15) is 39.9 Å². The fraction of sp³-hybridized carbons (Fsp3) is 0.868. The number of ketones is 1. The zero-order valence-corrected chi connectivity index (χ0v) is 31.1. The number of ether oxygens (including phenoxy) is 1. The molecule has 5 fully saturated rings. The predicted molar refractivity (Wildman–Crippen MR) is 186 cm³/mol. The molecular formula is C38H59NO9S. The molecule has 6 aliphatic rings. The van der Waals surface area contributed by atoms with Gasteiger partial charge in [-0.2, -0.15) is 0 Å². The number of nitrogens with one attached hydrogen (secondary N) is 1. The average molecular weight is 706 g/mol. The van der Waals surface area contributed by atoms with Crippen molar-refractivity contribution in [3.63, 3.8) is 0 Å². The number of carbonyl (C=O) groups excluding carboxylic acids is 1. The predicted octanol–water partition coefficient (Wildman–Crippen LogP) is 4.64. The number of carboxylic acid groups (broad SMARTS) is 2. The topological polar surface area (TPSA) is 174 Å². The third-order valence-electron chi connectivity index (χ3n) is 15.7. The van der Waals surface area contributed by atoms with Crippen molar-refractivity contribution in [2.45, 2.75) is 142 Å². The summed E-state index contributed by atoms with van der Waals surface area (Å²) in [5.41, 5.74) is -1.15. The number of carbonyl (C=O) groups is 3. The molecule has 1 unspecified atom stereocenters. The van der Waals surface area contributed by atoms with Crippen LogP contribution in [-0.4, -0.2) is 91.4 Å². The number of thioether (sulfide) groups is 1. The zero-order chi connectivity index (χ0) is 36.1. The Balaban J connectivity index is 1.18. The molecule has 10 nitrogen and oxygen atoms in total. The second-order valence-corrected chi connectivity index (χ2v) is 19.7. The van der Waals surface area contributed by atoms with E-state index in [2.05, 4.69) is 46.9 Å². The molecule has 49 heavy (non-hydrogen) atoms. The highest BCUT2D eigenvalue weighted by Gasteiger charge is 2.70. The first kappa shape index (κ1) is 37.3. The lowest BCUT2D eigenvalue weighted by Gasteiger charge is -2.70. The van der Waals surface area contributed by atoms with Gasteiger partial charge in [-0.15, -0.1) is 11.8 Å². The molecule has 276 valence electrons. The van der Waals surface area contributed by atoms with E-state index in [1.54, 1.807) is 0 Å². The Labute approximate surface area is 295 Å². The monoisotopic (exact) mass is 705 g/mol. The Morgan fingerprint density at radius 2 is 1.57 bits per heavy atom.